The highest BCUT2D eigenvalue weighted by Crippen LogP contribution is 2.39. The first kappa shape index (κ1) is 28.3. The number of nitrogens with one attached hydrogen (secondary N) is 1. The van der Waals surface area contributed by atoms with Crippen molar-refractivity contribution in [1.82, 2.24) is 15.1 Å². The zero-order valence-electron chi connectivity index (χ0n) is 22.4. The Bertz CT molecular complexity index is 1230. The van der Waals surface area contributed by atoms with E-state index in [1.54, 1.807) is 0 Å². The Morgan fingerprint density at radius 2 is 1.75 bits per heavy atom. The summed E-state index contributed by atoms with van der Waals surface area (Å²) in [5.74, 6) is -1.82. The topological polar surface area (TPSA) is 116 Å². The Balaban J connectivity index is 1.38. The number of fused-ring (bicyclic) bond motifs is 3. The zero-order chi connectivity index (χ0) is 28.1. The van der Waals surface area contributed by atoms with E-state index in [1.807, 2.05) is 59.5 Å². The lowest BCUT2D eigenvalue weighted by atomic mass is 9.89. The first-order valence-corrected chi connectivity index (χ1v) is 14.8. The third-order valence-electron chi connectivity index (χ3n) is 7.91. The predicted molar refractivity (Wildman–Crippen MR) is 151 cm³/mol. The molecule has 0 radical (unpaired) electrons. The van der Waals surface area contributed by atoms with E-state index in [2.05, 4.69) is 5.32 Å². The summed E-state index contributed by atoms with van der Waals surface area (Å²) < 4.78 is 5.37. The van der Waals surface area contributed by atoms with Crippen molar-refractivity contribution >= 4 is 34.7 Å². The molecule has 2 amide bonds. The summed E-state index contributed by atoms with van der Waals surface area (Å²) >= 11 is 0.998. The highest BCUT2D eigenvalue weighted by molar-refractivity contribution is 8.14. The fourth-order valence-electron chi connectivity index (χ4n) is 5.92. The SMILES string of the molecule is O=C(CN1CCOCC1)S[C@@H](Cc1ccccc1)C(=O)N[C@H]1Cc2ccccc2[C@H]2CCC[C@@H](C(=O)O)N2C1=O. The van der Waals surface area contributed by atoms with Crippen LogP contribution in [0.15, 0.2) is 54.6 Å². The fourth-order valence-corrected chi connectivity index (χ4v) is 6.94. The summed E-state index contributed by atoms with van der Waals surface area (Å²) in [6.07, 6.45) is 2.36. The van der Waals surface area contributed by atoms with Crippen LogP contribution in [0, 0.1) is 0 Å². The van der Waals surface area contributed by atoms with E-state index in [1.165, 1.54) is 4.90 Å². The van der Waals surface area contributed by atoms with Gasteiger partial charge in [-0.15, -0.1) is 0 Å². The first-order valence-electron chi connectivity index (χ1n) is 13.9. The van der Waals surface area contributed by atoms with Crippen LogP contribution in [-0.4, -0.2) is 88.0 Å². The minimum Gasteiger partial charge on any atom is -0.480 e. The van der Waals surface area contributed by atoms with Gasteiger partial charge in [0, 0.05) is 19.5 Å². The van der Waals surface area contributed by atoms with Gasteiger partial charge in [0.05, 0.1) is 31.1 Å². The van der Waals surface area contributed by atoms with Gasteiger partial charge in [0.1, 0.15) is 12.1 Å². The van der Waals surface area contributed by atoms with Crippen molar-refractivity contribution < 1.29 is 29.0 Å². The van der Waals surface area contributed by atoms with Crippen molar-refractivity contribution in [1.29, 1.82) is 0 Å². The van der Waals surface area contributed by atoms with Crippen LogP contribution in [-0.2, 0) is 36.8 Å². The van der Waals surface area contributed by atoms with Crippen LogP contribution in [0.2, 0.25) is 0 Å². The summed E-state index contributed by atoms with van der Waals surface area (Å²) in [7, 11) is 0. The summed E-state index contributed by atoms with van der Waals surface area (Å²) in [5, 5.41) is 12.0. The minimum absolute atomic E-state index is 0.113. The number of carbonyl (C=O) groups is 4. The average Bonchev–Trinajstić information content (AvgIpc) is 3.08. The lowest BCUT2D eigenvalue weighted by Crippen LogP contribution is -2.56. The molecule has 40 heavy (non-hydrogen) atoms. The first-order chi connectivity index (χ1) is 19.4. The molecule has 3 heterocycles. The summed E-state index contributed by atoms with van der Waals surface area (Å²) in [6, 6.07) is 15.0. The predicted octanol–water partition coefficient (Wildman–Crippen LogP) is 2.44. The maximum atomic E-state index is 13.9. The Morgan fingerprint density at radius 1 is 1.02 bits per heavy atom. The van der Waals surface area contributed by atoms with E-state index >= 15 is 0 Å². The Kier molecular flexibility index (Phi) is 9.18. The maximum Gasteiger partial charge on any atom is 0.326 e. The van der Waals surface area contributed by atoms with E-state index in [9.17, 15) is 24.3 Å². The molecular weight excluding hydrogens is 530 g/mol. The van der Waals surface area contributed by atoms with Crippen LogP contribution in [0.4, 0.5) is 0 Å². The van der Waals surface area contributed by atoms with E-state index in [0.29, 0.717) is 52.0 Å². The molecule has 0 spiro atoms. The standard InChI is InChI=1S/C30H35N3O6S/c34-27(19-32-13-15-39-16-14-32)40-26(17-20-7-2-1-3-8-20)28(35)31-23-18-21-9-4-5-10-22(21)24-11-6-12-25(30(37)38)33(24)29(23)36/h1-5,7-10,23-26H,6,11-19H2,(H,31,35)(H,37,38)/t23-,24+,25-,26-/m0/s1. The zero-order valence-corrected chi connectivity index (χ0v) is 23.2. The molecule has 10 heteroatoms. The number of morpholine rings is 1. The number of amides is 2. The van der Waals surface area contributed by atoms with Gasteiger partial charge in [0.25, 0.3) is 0 Å². The van der Waals surface area contributed by atoms with Crippen molar-refractivity contribution in [3.05, 3.63) is 71.3 Å². The molecule has 0 aromatic heterocycles. The van der Waals surface area contributed by atoms with Crippen molar-refractivity contribution in [3.63, 3.8) is 0 Å². The number of carbonyl (C=O) groups excluding carboxylic acids is 3. The molecule has 2 aromatic carbocycles. The number of thioether (sulfide) groups is 1. The van der Waals surface area contributed by atoms with Crippen LogP contribution in [0.1, 0.15) is 42.0 Å². The molecule has 2 N–H and O–H groups in total. The number of piperidine rings is 1. The molecule has 3 aliphatic heterocycles. The summed E-state index contributed by atoms with van der Waals surface area (Å²) in [5.41, 5.74) is 2.78. The number of ether oxygens (including phenoxy) is 1. The van der Waals surface area contributed by atoms with Gasteiger partial charge < -0.3 is 20.1 Å². The molecule has 0 unspecified atom stereocenters. The second-order valence-electron chi connectivity index (χ2n) is 10.6. The number of hydrogen-bond donors (Lipinski definition) is 2. The van der Waals surface area contributed by atoms with Crippen molar-refractivity contribution in [2.24, 2.45) is 0 Å². The molecule has 4 atom stereocenters. The van der Waals surface area contributed by atoms with Gasteiger partial charge in [-0.25, -0.2) is 4.79 Å². The van der Waals surface area contributed by atoms with Gasteiger partial charge in [-0.2, -0.15) is 0 Å². The summed E-state index contributed by atoms with van der Waals surface area (Å²) in [4.78, 5) is 56.4. The number of aliphatic carboxylic acids is 1. The van der Waals surface area contributed by atoms with Crippen LogP contribution in [0.3, 0.4) is 0 Å². The lowest BCUT2D eigenvalue weighted by Gasteiger charge is -2.40. The second kappa shape index (κ2) is 13.0. The molecule has 9 nitrogen and oxygen atoms in total. The van der Waals surface area contributed by atoms with E-state index < -0.39 is 29.2 Å². The average molecular weight is 566 g/mol. The van der Waals surface area contributed by atoms with Gasteiger partial charge in [0.2, 0.25) is 16.9 Å². The number of hydrogen-bond acceptors (Lipinski definition) is 7. The van der Waals surface area contributed by atoms with Crippen LogP contribution in [0.5, 0.6) is 0 Å². The Morgan fingerprint density at radius 3 is 2.50 bits per heavy atom. The van der Waals surface area contributed by atoms with Gasteiger partial charge >= 0.3 is 5.97 Å². The lowest BCUT2D eigenvalue weighted by molar-refractivity contribution is -0.156. The minimum atomic E-state index is -1.03. The van der Waals surface area contributed by atoms with Gasteiger partial charge in [0.15, 0.2) is 0 Å². The molecule has 3 aliphatic rings. The smallest absolute Gasteiger partial charge is 0.326 e. The van der Waals surface area contributed by atoms with Crippen LogP contribution in [0.25, 0.3) is 0 Å². The number of carboxylic acids is 1. The quantitative estimate of drug-likeness (QED) is 0.502. The maximum absolute atomic E-state index is 13.9. The highest BCUT2D eigenvalue weighted by atomic mass is 32.2. The molecular formula is C30H35N3O6S. The fraction of sp³-hybridized carbons (Fsp3) is 0.467. The molecule has 2 fully saturated rings. The monoisotopic (exact) mass is 565 g/mol. The van der Waals surface area contributed by atoms with Crippen molar-refractivity contribution in [2.45, 2.75) is 55.5 Å². The molecule has 212 valence electrons. The number of carboxylic acid groups (broad SMARTS) is 1. The van der Waals surface area contributed by atoms with E-state index in [4.69, 9.17) is 4.74 Å². The number of nitrogens with zero attached hydrogens (tertiary/aromatic N) is 2. The van der Waals surface area contributed by atoms with Crippen LogP contribution < -0.4 is 5.32 Å². The molecule has 5 rings (SSSR count). The Labute approximate surface area is 238 Å². The van der Waals surface area contributed by atoms with Gasteiger partial charge in [-0.05, 0) is 42.4 Å². The van der Waals surface area contributed by atoms with Gasteiger partial charge in [-0.1, -0.05) is 66.4 Å². The Hall–Kier alpha value is -3.21. The molecule has 0 bridgehead atoms. The second-order valence-corrected chi connectivity index (χ2v) is 11.8. The van der Waals surface area contributed by atoms with Gasteiger partial charge in [-0.3, -0.25) is 19.3 Å². The molecule has 2 saturated heterocycles. The molecule has 0 saturated carbocycles. The third kappa shape index (κ3) is 6.56. The number of benzene rings is 2. The van der Waals surface area contributed by atoms with Crippen molar-refractivity contribution in [2.75, 3.05) is 32.8 Å². The molecule has 2 aromatic rings. The third-order valence-corrected chi connectivity index (χ3v) is 8.96. The molecule has 0 aliphatic carbocycles. The van der Waals surface area contributed by atoms with Crippen LogP contribution >= 0.6 is 11.8 Å². The highest BCUT2D eigenvalue weighted by Gasteiger charge is 2.45. The normalized spacial score (nSPS) is 23.9. The van der Waals surface area contributed by atoms with E-state index in [0.717, 1.165) is 28.5 Å². The van der Waals surface area contributed by atoms with E-state index in [-0.39, 0.29) is 30.0 Å². The summed E-state index contributed by atoms with van der Waals surface area (Å²) in [6.45, 7) is 2.70. The number of rotatable bonds is 8. The van der Waals surface area contributed by atoms with Crippen molar-refractivity contribution in [3.8, 4) is 0 Å². The largest absolute Gasteiger partial charge is 0.480 e.